The first-order valence-corrected chi connectivity index (χ1v) is 14.7. The molecule has 3 aliphatic heterocycles. The van der Waals surface area contributed by atoms with E-state index in [1.165, 1.54) is 4.90 Å². The molecule has 0 bridgehead atoms. The van der Waals surface area contributed by atoms with Crippen molar-refractivity contribution in [2.24, 2.45) is 5.92 Å². The molecule has 1 atom stereocenters. The van der Waals surface area contributed by atoms with Gasteiger partial charge in [0.05, 0.1) is 43.6 Å². The number of methoxy groups -OCH3 is 2. The molecule has 6 rings (SSSR count). The van der Waals surface area contributed by atoms with Crippen molar-refractivity contribution in [1.29, 1.82) is 0 Å². The number of nitrogens with zero attached hydrogens (tertiary/aromatic N) is 4. The largest absolute Gasteiger partial charge is 0.497 e. The van der Waals surface area contributed by atoms with Crippen LogP contribution in [-0.4, -0.2) is 66.4 Å². The number of anilines is 1. The van der Waals surface area contributed by atoms with Gasteiger partial charge in [0.1, 0.15) is 11.5 Å². The topological polar surface area (TPSA) is 92.3 Å². The Kier molecular flexibility index (Phi) is 7.82. The lowest BCUT2D eigenvalue weighted by atomic mass is 9.90. The zero-order valence-electron chi connectivity index (χ0n) is 24.1. The van der Waals surface area contributed by atoms with Crippen LogP contribution in [0.15, 0.2) is 60.9 Å². The third kappa shape index (κ3) is 5.08. The highest BCUT2D eigenvalue weighted by Crippen LogP contribution is 2.37. The second kappa shape index (κ2) is 11.8. The molecule has 9 nitrogen and oxygen atoms in total. The molecule has 3 aliphatic rings. The van der Waals surface area contributed by atoms with Crippen LogP contribution in [0.3, 0.4) is 0 Å². The Labute approximate surface area is 246 Å². The predicted octanol–water partition coefficient (Wildman–Crippen LogP) is 4.87. The van der Waals surface area contributed by atoms with Crippen LogP contribution in [0.25, 0.3) is 0 Å². The fourth-order valence-corrected chi connectivity index (χ4v) is 6.59. The minimum absolute atomic E-state index is 0.0633. The fraction of sp³-hybridized carbons (Fsp3) is 0.394. The quantitative estimate of drug-likeness (QED) is 0.376. The van der Waals surface area contributed by atoms with Gasteiger partial charge in [-0.15, -0.1) is 0 Å². The lowest BCUT2D eigenvalue weighted by Crippen LogP contribution is -2.46. The maximum absolute atomic E-state index is 13.7. The summed E-state index contributed by atoms with van der Waals surface area (Å²) < 4.78 is 10.8. The minimum Gasteiger partial charge on any atom is -0.497 e. The number of carbonyl (C=O) groups excluding carboxylic acids is 3. The summed E-state index contributed by atoms with van der Waals surface area (Å²) in [4.78, 5) is 50.6. The summed E-state index contributed by atoms with van der Waals surface area (Å²) >= 11 is 0. The second-order valence-corrected chi connectivity index (χ2v) is 11.2. The van der Waals surface area contributed by atoms with Gasteiger partial charge in [0.25, 0.3) is 11.8 Å². The predicted molar refractivity (Wildman–Crippen MR) is 158 cm³/mol. The lowest BCUT2D eigenvalue weighted by Gasteiger charge is -2.40. The summed E-state index contributed by atoms with van der Waals surface area (Å²) in [6.45, 7) is 2.16. The van der Waals surface area contributed by atoms with E-state index in [9.17, 15) is 14.4 Å². The van der Waals surface area contributed by atoms with Crippen LogP contribution in [0.2, 0.25) is 0 Å². The molecule has 2 fully saturated rings. The van der Waals surface area contributed by atoms with Crippen molar-refractivity contribution in [2.45, 2.75) is 44.7 Å². The Hall–Kier alpha value is -4.40. The highest BCUT2D eigenvalue weighted by atomic mass is 16.5. The fourth-order valence-electron chi connectivity index (χ4n) is 6.59. The molecule has 0 spiro atoms. The number of pyridine rings is 1. The minimum atomic E-state index is -0.314. The van der Waals surface area contributed by atoms with E-state index in [1.54, 1.807) is 38.6 Å². The van der Waals surface area contributed by atoms with E-state index in [2.05, 4.69) is 20.9 Å². The smallest absolute Gasteiger partial charge is 0.263 e. The van der Waals surface area contributed by atoms with Crippen LogP contribution in [0.4, 0.5) is 5.69 Å². The average molecular weight is 569 g/mol. The first kappa shape index (κ1) is 27.8. The Morgan fingerprint density at radius 1 is 0.929 bits per heavy atom. The van der Waals surface area contributed by atoms with Gasteiger partial charge < -0.3 is 19.3 Å². The first-order valence-electron chi connectivity index (χ1n) is 14.7. The molecule has 3 aromatic rings. The molecule has 9 heteroatoms. The van der Waals surface area contributed by atoms with Gasteiger partial charge in [0, 0.05) is 49.6 Å². The molecular formula is C33H36N4O5. The summed E-state index contributed by atoms with van der Waals surface area (Å²) in [5.74, 6) is 0.715. The molecule has 2 saturated heterocycles. The summed E-state index contributed by atoms with van der Waals surface area (Å²) in [7, 11) is 3.13. The maximum Gasteiger partial charge on any atom is 0.263 e. The average Bonchev–Trinajstić information content (AvgIpc) is 3.30. The lowest BCUT2D eigenvalue weighted by molar-refractivity contribution is -0.140. The van der Waals surface area contributed by atoms with Crippen molar-refractivity contribution in [3.05, 3.63) is 83.2 Å². The number of rotatable bonds is 7. The molecule has 42 heavy (non-hydrogen) atoms. The second-order valence-electron chi connectivity index (χ2n) is 11.2. The van der Waals surface area contributed by atoms with E-state index >= 15 is 0 Å². The SMILES string of the molecule is COc1ccc(CN2C(=O)c3cccc(N4CCC(C(=O)N5CCCC[C@@H]5c5cccnc5)CC4)c3C2=O)c(OC)c1. The van der Waals surface area contributed by atoms with E-state index in [0.29, 0.717) is 48.6 Å². The zero-order valence-corrected chi connectivity index (χ0v) is 24.1. The number of carbonyl (C=O) groups is 3. The molecule has 0 N–H and O–H groups in total. The third-order valence-electron chi connectivity index (χ3n) is 8.84. The van der Waals surface area contributed by atoms with Gasteiger partial charge in [-0.3, -0.25) is 24.3 Å². The number of ether oxygens (including phenoxy) is 2. The summed E-state index contributed by atoms with van der Waals surface area (Å²) in [6.07, 6.45) is 8.13. The summed E-state index contributed by atoms with van der Waals surface area (Å²) in [6, 6.07) is 14.9. The van der Waals surface area contributed by atoms with Crippen molar-refractivity contribution >= 4 is 23.4 Å². The number of benzene rings is 2. The number of piperidine rings is 2. The molecule has 2 aromatic carbocycles. The third-order valence-corrected chi connectivity index (χ3v) is 8.84. The standard InChI is InChI=1S/C33H36N4O5/c1-41-25-12-11-24(29(19-25)42-2)21-37-32(39)26-8-5-10-28(30(26)33(37)40)35-17-13-22(14-18-35)31(38)36-16-4-3-9-27(36)23-7-6-15-34-20-23/h5-8,10-12,15,19-20,22,27H,3-4,9,13-14,16-18,21H2,1-2H3/t27-/m1/s1. The molecular weight excluding hydrogens is 532 g/mol. The molecule has 218 valence electrons. The van der Waals surface area contributed by atoms with Crippen molar-refractivity contribution in [1.82, 2.24) is 14.8 Å². The van der Waals surface area contributed by atoms with E-state index < -0.39 is 0 Å². The van der Waals surface area contributed by atoms with Crippen LogP contribution >= 0.6 is 0 Å². The Bertz CT molecular complexity index is 1490. The molecule has 4 heterocycles. The van der Waals surface area contributed by atoms with E-state index in [1.807, 2.05) is 30.5 Å². The van der Waals surface area contributed by atoms with Crippen LogP contribution in [-0.2, 0) is 11.3 Å². The molecule has 1 aromatic heterocycles. The number of hydrogen-bond acceptors (Lipinski definition) is 7. The van der Waals surface area contributed by atoms with E-state index in [-0.39, 0.29) is 36.2 Å². The van der Waals surface area contributed by atoms with Gasteiger partial charge in [-0.25, -0.2) is 0 Å². The summed E-state index contributed by atoms with van der Waals surface area (Å²) in [5.41, 5.74) is 3.43. The van der Waals surface area contributed by atoms with Crippen LogP contribution in [0.5, 0.6) is 11.5 Å². The maximum atomic E-state index is 13.7. The monoisotopic (exact) mass is 568 g/mol. The van der Waals surface area contributed by atoms with E-state index in [4.69, 9.17) is 9.47 Å². The van der Waals surface area contributed by atoms with Crippen molar-refractivity contribution in [3.8, 4) is 11.5 Å². The van der Waals surface area contributed by atoms with Crippen molar-refractivity contribution < 1.29 is 23.9 Å². The Balaban J connectivity index is 1.16. The number of amides is 3. The zero-order chi connectivity index (χ0) is 29.2. The van der Waals surface area contributed by atoms with Crippen LogP contribution in [0, 0.1) is 5.92 Å². The Morgan fingerprint density at radius 3 is 2.50 bits per heavy atom. The normalized spacial score (nSPS) is 19.2. The molecule has 0 aliphatic carbocycles. The highest BCUT2D eigenvalue weighted by molar-refractivity contribution is 6.23. The van der Waals surface area contributed by atoms with Gasteiger partial charge in [0.15, 0.2) is 0 Å². The van der Waals surface area contributed by atoms with Crippen LogP contribution in [0.1, 0.15) is 70.0 Å². The van der Waals surface area contributed by atoms with Gasteiger partial charge in [-0.2, -0.15) is 0 Å². The molecule has 3 amide bonds. The molecule has 0 radical (unpaired) electrons. The van der Waals surface area contributed by atoms with Gasteiger partial charge in [-0.05, 0) is 68.0 Å². The number of aromatic nitrogens is 1. The van der Waals surface area contributed by atoms with Crippen LogP contribution < -0.4 is 14.4 Å². The molecule has 0 unspecified atom stereocenters. The van der Waals surface area contributed by atoms with Crippen molar-refractivity contribution in [2.75, 3.05) is 38.8 Å². The number of fused-ring (bicyclic) bond motifs is 1. The van der Waals surface area contributed by atoms with Gasteiger partial charge >= 0.3 is 0 Å². The van der Waals surface area contributed by atoms with Gasteiger partial charge in [0.2, 0.25) is 5.91 Å². The molecule has 0 saturated carbocycles. The number of imide groups is 1. The van der Waals surface area contributed by atoms with E-state index in [0.717, 1.165) is 42.6 Å². The highest BCUT2D eigenvalue weighted by Gasteiger charge is 2.40. The summed E-state index contributed by atoms with van der Waals surface area (Å²) in [5, 5.41) is 0. The Morgan fingerprint density at radius 2 is 1.76 bits per heavy atom. The van der Waals surface area contributed by atoms with Gasteiger partial charge in [-0.1, -0.05) is 12.1 Å². The first-order chi connectivity index (χ1) is 20.5. The number of likely N-dealkylation sites (tertiary alicyclic amines) is 1. The van der Waals surface area contributed by atoms with Crippen molar-refractivity contribution in [3.63, 3.8) is 0 Å². The number of hydrogen-bond donors (Lipinski definition) is 0.